The molecule has 4 rings (SSSR count). The maximum Gasteiger partial charge on any atom is 0.115 e. The lowest BCUT2D eigenvalue weighted by Crippen LogP contribution is -2.00. The van der Waals surface area contributed by atoms with E-state index in [1.165, 1.54) is 28.4 Å². The minimum Gasteiger partial charge on any atom is -0.378 e. The van der Waals surface area contributed by atoms with E-state index in [0.717, 1.165) is 18.8 Å². The van der Waals surface area contributed by atoms with Gasteiger partial charge in [-0.25, -0.2) is 9.97 Å². The van der Waals surface area contributed by atoms with Gasteiger partial charge in [0.2, 0.25) is 0 Å². The van der Waals surface area contributed by atoms with E-state index in [9.17, 15) is 0 Å². The van der Waals surface area contributed by atoms with Crippen LogP contribution in [0.15, 0.2) is 79.5 Å². The molecule has 0 bridgehead atoms. The molecular weight excluding hydrogens is 296 g/mol. The summed E-state index contributed by atoms with van der Waals surface area (Å²) in [5.74, 6) is 0. The van der Waals surface area contributed by atoms with Crippen molar-refractivity contribution in [3.05, 3.63) is 90.6 Å². The molecule has 0 atom stereocenters. The SMILES string of the molecule is c1ccc(Cn2cc(CNc3cncnc3)c3ccccc32)cc1. The van der Waals surface area contributed by atoms with Crippen molar-refractivity contribution in [1.29, 1.82) is 0 Å². The predicted molar refractivity (Wildman–Crippen MR) is 96.8 cm³/mol. The van der Waals surface area contributed by atoms with Crippen LogP contribution in [-0.4, -0.2) is 14.5 Å². The number of benzene rings is 2. The van der Waals surface area contributed by atoms with Gasteiger partial charge in [-0.2, -0.15) is 0 Å². The first kappa shape index (κ1) is 14.5. The largest absolute Gasteiger partial charge is 0.378 e. The minimum absolute atomic E-state index is 0.746. The Labute approximate surface area is 140 Å². The molecule has 4 aromatic rings. The lowest BCUT2D eigenvalue weighted by Gasteiger charge is -2.05. The molecule has 4 heteroatoms. The fourth-order valence-corrected chi connectivity index (χ4v) is 2.96. The second-order valence-corrected chi connectivity index (χ2v) is 5.77. The molecule has 0 aliphatic carbocycles. The quantitative estimate of drug-likeness (QED) is 0.603. The molecule has 0 fully saturated rings. The van der Waals surface area contributed by atoms with Gasteiger partial charge in [-0.15, -0.1) is 0 Å². The number of nitrogens with one attached hydrogen (secondary N) is 1. The van der Waals surface area contributed by atoms with Gasteiger partial charge >= 0.3 is 0 Å². The normalized spacial score (nSPS) is 10.8. The first-order chi connectivity index (χ1) is 11.9. The molecule has 2 heterocycles. The molecule has 24 heavy (non-hydrogen) atoms. The highest BCUT2D eigenvalue weighted by molar-refractivity contribution is 5.84. The van der Waals surface area contributed by atoms with Gasteiger partial charge in [0, 0.05) is 30.2 Å². The van der Waals surface area contributed by atoms with E-state index in [0.29, 0.717) is 0 Å². The Morgan fingerprint density at radius 3 is 2.46 bits per heavy atom. The van der Waals surface area contributed by atoms with Crippen molar-refractivity contribution in [3.8, 4) is 0 Å². The van der Waals surface area contributed by atoms with Crippen LogP contribution in [0.4, 0.5) is 5.69 Å². The van der Waals surface area contributed by atoms with E-state index in [-0.39, 0.29) is 0 Å². The summed E-state index contributed by atoms with van der Waals surface area (Å²) in [5.41, 5.74) is 4.75. The summed E-state index contributed by atoms with van der Waals surface area (Å²) in [5, 5.41) is 4.67. The van der Waals surface area contributed by atoms with Crippen molar-refractivity contribution in [1.82, 2.24) is 14.5 Å². The molecule has 2 aromatic heterocycles. The Balaban J connectivity index is 1.64. The average molecular weight is 314 g/mol. The maximum absolute atomic E-state index is 4.04. The highest BCUT2D eigenvalue weighted by Gasteiger charge is 2.08. The van der Waals surface area contributed by atoms with Crippen LogP contribution >= 0.6 is 0 Å². The van der Waals surface area contributed by atoms with Gasteiger partial charge in [0.1, 0.15) is 6.33 Å². The molecule has 0 aliphatic rings. The zero-order chi connectivity index (χ0) is 16.2. The number of fused-ring (bicyclic) bond motifs is 1. The van der Waals surface area contributed by atoms with E-state index in [1.807, 2.05) is 0 Å². The zero-order valence-electron chi connectivity index (χ0n) is 13.3. The van der Waals surface area contributed by atoms with Crippen molar-refractivity contribution in [3.63, 3.8) is 0 Å². The highest BCUT2D eigenvalue weighted by atomic mass is 15.0. The van der Waals surface area contributed by atoms with Crippen LogP contribution in [-0.2, 0) is 13.1 Å². The molecule has 1 N–H and O–H groups in total. The first-order valence-electron chi connectivity index (χ1n) is 8.00. The van der Waals surface area contributed by atoms with E-state index in [4.69, 9.17) is 0 Å². The zero-order valence-corrected chi connectivity index (χ0v) is 13.3. The summed E-state index contributed by atoms with van der Waals surface area (Å²) in [6.07, 6.45) is 7.34. The van der Waals surface area contributed by atoms with Crippen molar-refractivity contribution < 1.29 is 0 Å². The number of para-hydroxylation sites is 1. The van der Waals surface area contributed by atoms with E-state index in [1.54, 1.807) is 12.4 Å². The monoisotopic (exact) mass is 314 g/mol. The van der Waals surface area contributed by atoms with E-state index in [2.05, 4.69) is 80.6 Å². The molecule has 0 saturated heterocycles. The number of hydrogen-bond acceptors (Lipinski definition) is 3. The predicted octanol–water partition coefficient (Wildman–Crippen LogP) is 4.09. The smallest absolute Gasteiger partial charge is 0.115 e. The van der Waals surface area contributed by atoms with Crippen molar-refractivity contribution in [2.75, 3.05) is 5.32 Å². The van der Waals surface area contributed by atoms with Crippen molar-refractivity contribution >= 4 is 16.6 Å². The fraction of sp³-hybridized carbons (Fsp3) is 0.100. The Morgan fingerprint density at radius 1 is 0.875 bits per heavy atom. The van der Waals surface area contributed by atoms with Crippen LogP contribution in [0, 0.1) is 0 Å². The summed E-state index contributed by atoms with van der Waals surface area (Å²) in [6, 6.07) is 19.1. The third-order valence-corrected chi connectivity index (χ3v) is 4.11. The molecule has 4 nitrogen and oxygen atoms in total. The molecule has 2 aromatic carbocycles. The Hall–Kier alpha value is -3.14. The summed E-state index contributed by atoms with van der Waals surface area (Å²) < 4.78 is 2.31. The van der Waals surface area contributed by atoms with Crippen molar-refractivity contribution in [2.45, 2.75) is 13.1 Å². The van der Waals surface area contributed by atoms with Crippen LogP contribution in [0.25, 0.3) is 10.9 Å². The van der Waals surface area contributed by atoms with Gasteiger partial charge in [-0.05, 0) is 17.2 Å². The molecule has 0 unspecified atom stereocenters. The van der Waals surface area contributed by atoms with Crippen LogP contribution in [0.5, 0.6) is 0 Å². The molecule has 0 saturated carbocycles. The molecule has 0 amide bonds. The molecular formula is C20H18N4. The van der Waals surface area contributed by atoms with Crippen molar-refractivity contribution in [2.24, 2.45) is 0 Å². The van der Waals surface area contributed by atoms with Gasteiger partial charge in [0.05, 0.1) is 18.1 Å². The Bertz CT molecular complexity index is 930. The van der Waals surface area contributed by atoms with Crippen LogP contribution in [0.2, 0.25) is 0 Å². The maximum atomic E-state index is 4.04. The Morgan fingerprint density at radius 2 is 1.62 bits per heavy atom. The number of rotatable bonds is 5. The van der Waals surface area contributed by atoms with Gasteiger partial charge in [0.15, 0.2) is 0 Å². The minimum atomic E-state index is 0.746. The lowest BCUT2D eigenvalue weighted by atomic mass is 10.2. The van der Waals surface area contributed by atoms with Gasteiger partial charge in [-0.3, -0.25) is 0 Å². The molecule has 0 radical (unpaired) electrons. The number of hydrogen-bond donors (Lipinski definition) is 1. The summed E-state index contributed by atoms with van der Waals surface area (Å²) in [4.78, 5) is 8.08. The topological polar surface area (TPSA) is 42.7 Å². The summed E-state index contributed by atoms with van der Waals surface area (Å²) in [7, 11) is 0. The average Bonchev–Trinajstić information content (AvgIpc) is 3.00. The lowest BCUT2D eigenvalue weighted by molar-refractivity contribution is 0.831. The highest BCUT2D eigenvalue weighted by Crippen LogP contribution is 2.23. The standard InChI is InChI=1S/C20H18N4/c1-2-6-16(7-3-1)13-24-14-17(19-8-4-5-9-20(19)24)10-23-18-11-21-15-22-12-18/h1-9,11-12,14-15,23H,10,13H2. The van der Waals surface area contributed by atoms with Crippen LogP contribution in [0.1, 0.15) is 11.1 Å². The Kier molecular flexibility index (Phi) is 3.94. The van der Waals surface area contributed by atoms with Gasteiger partial charge < -0.3 is 9.88 Å². The molecule has 118 valence electrons. The molecule has 0 aliphatic heterocycles. The number of aromatic nitrogens is 3. The fourth-order valence-electron chi connectivity index (χ4n) is 2.96. The third-order valence-electron chi connectivity index (χ3n) is 4.11. The molecule has 0 spiro atoms. The second-order valence-electron chi connectivity index (χ2n) is 5.77. The van der Waals surface area contributed by atoms with Gasteiger partial charge in [0.25, 0.3) is 0 Å². The first-order valence-corrected chi connectivity index (χ1v) is 8.00. The van der Waals surface area contributed by atoms with Gasteiger partial charge in [-0.1, -0.05) is 48.5 Å². The number of nitrogens with zero attached hydrogens (tertiary/aromatic N) is 3. The van der Waals surface area contributed by atoms with E-state index >= 15 is 0 Å². The summed E-state index contributed by atoms with van der Waals surface area (Å²) in [6.45, 7) is 1.62. The second kappa shape index (κ2) is 6.54. The van der Waals surface area contributed by atoms with E-state index < -0.39 is 0 Å². The third kappa shape index (κ3) is 2.99. The van der Waals surface area contributed by atoms with Crippen LogP contribution < -0.4 is 5.32 Å². The van der Waals surface area contributed by atoms with Crippen LogP contribution in [0.3, 0.4) is 0 Å². The summed E-state index contributed by atoms with van der Waals surface area (Å²) >= 11 is 0. The number of anilines is 1.